The number of nitrogens with one attached hydrogen (secondary N) is 1. The van der Waals surface area contributed by atoms with Gasteiger partial charge >= 0.3 is 0 Å². The van der Waals surface area contributed by atoms with E-state index in [9.17, 15) is 9.90 Å². The number of pyridine rings is 1. The minimum Gasteiger partial charge on any atom is -0.508 e. The molecule has 0 spiro atoms. The molecule has 1 aromatic carbocycles. The van der Waals surface area contributed by atoms with E-state index in [-0.39, 0.29) is 17.8 Å². The highest BCUT2D eigenvalue weighted by Crippen LogP contribution is 2.28. The molecule has 7 nitrogen and oxygen atoms in total. The summed E-state index contributed by atoms with van der Waals surface area (Å²) >= 11 is 0. The number of aryl methyl sites for hydroxylation is 1. The Hall–Kier alpha value is -2.64. The van der Waals surface area contributed by atoms with Gasteiger partial charge in [-0.2, -0.15) is 0 Å². The smallest absolute Gasteiger partial charge is 0.249 e. The third-order valence-electron chi connectivity index (χ3n) is 6.02. The first kappa shape index (κ1) is 20.6. The molecular weight excluding hydrogens is 382 g/mol. The second kappa shape index (κ2) is 9.02. The number of rotatable bonds is 6. The van der Waals surface area contributed by atoms with E-state index in [0.717, 1.165) is 54.9 Å². The standard InChI is InChI=1S/C23H29N3O4/c1-15-20(12-25-23(28)22-4-3-9-30-22)19-7-8-26(14-17(19)11-24-15)13-16-10-18(29-2)5-6-21(16)27/h5-6,10-11,22,27H,3-4,7-9,12-14H2,1-2H3,(H,25,28). The maximum Gasteiger partial charge on any atom is 0.249 e. The zero-order valence-electron chi connectivity index (χ0n) is 17.6. The molecule has 2 N–H and O–H groups in total. The predicted molar refractivity (Wildman–Crippen MR) is 112 cm³/mol. The number of phenols is 1. The Morgan fingerprint density at radius 1 is 1.43 bits per heavy atom. The fourth-order valence-electron chi connectivity index (χ4n) is 4.28. The first-order valence-corrected chi connectivity index (χ1v) is 10.5. The highest BCUT2D eigenvalue weighted by atomic mass is 16.5. The van der Waals surface area contributed by atoms with Crippen LogP contribution in [0.15, 0.2) is 24.4 Å². The van der Waals surface area contributed by atoms with Gasteiger partial charge in [-0.3, -0.25) is 14.7 Å². The molecule has 4 rings (SSSR count). The molecule has 1 saturated heterocycles. The van der Waals surface area contributed by atoms with Crippen molar-refractivity contribution in [3.05, 3.63) is 52.3 Å². The number of hydrogen-bond acceptors (Lipinski definition) is 6. The van der Waals surface area contributed by atoms with Gasteiger partial charge in [-0.1, -0.05) is 0 Å². The van der Waals surface area contributed by atoms with Crippen LogP contribution in [0.5, 0.6) is 11.5 Å². The van der Waals surface area contributed by atoms with E-state index in [1.807, 2.05) is 19.2 Å². The van der Waals surface area contributed by atoms with Crippen LogP contribution in [-0.2, 0) is 35.6 Å². The second-order valence-corrected chi connectivity index (χ2v) is 8.00. The number of aromatic nitrogens is 1. The maximum absolute atomic E-state index is 12.3. The minimum atomic E-state index is -0.316. The summed E-state index contributed by atoms with van der Waals surface area (Å²) in [6.45, 7) is 5.41. The Labute approximate surface area is 177 Å². The number of carbonyl (C=O) groups excluding carboxylic acids is 1. The molecule has 0 radical (unpaired) electrons. The van der Waals surface area contributed by atoms with Gasteiger partial charge in [-0.15, -0.1) is 0 Å². The number of hydrogen-bond donors (Lipinski definition) is 2. The third kappa shape index (κ3) is 4.42. The molecule has 0 aliphatic carbocycles. The monoisotopic (exact) mass is 411 g/mol. The predicted octanol–water partition coefficient (Wildman–Crippen LogP) is 2.46. The van der Waals surface area contributed by atoms with Crippen molar-refractivity contribution in [2.45, 2.75) is 51.9 Å². The van der Waals surface area contributed by atoms with Crippen molar-refractivity contribution >= 4 is 5.91 Å². The molecule has 0 bridgehead atoms. The molecular formula is C23H29N3O4. The van der Waals surface area contributed by atoms with E-state index in [1.54, 1.807) is 19.2 Å². The number of fused-ring (bicyclic) bond motifs is 1. The summed E-state index contributed by atoms with van der Waals surface area (Å²) in [4.78, 5) is 19.2. The number of ether oxygens (including phenoxy) is 2. The van der Waals surface area contributed by atoms with Crippen LogP contribution in [0, 0.1) is 6.92 Å². The summed E-state index contributed by atoms with van der Waals surface area (Å²) in [6.07, 6.45) is 4.24. The first-order valence-electron chi connectivity index (χ1n) is 10.5. The van der Waals surface area contributed by atoms with Crippen LogP contribution >= 0.6 is 0 Å². The Morgan fingerprint density at radius 2 is 2.30 bits per heavy atom. The topological polar surface area (TPSA) is 83.9 Å². The molecule has 2 aliphatic heterocycles. The summed E-state index contributed by atoms with van der Waals surface area (Å²) in [7, 11) is 1.63. The summed E-state index contributed by atoms with van der Waals surface area (Å²) < 4.78 is 10.8. The summed E-state index contributed by atoms with van der Waals surface area (Å²) in [5.41, 5.74) is 5.38. The fourth-order valence-corrected chi connectivity index (χ4v) is 4.28. The van der Waals surface area contributed by atoms with Crippen LogP contribution in [0.4, 0.5) is 0 Å². The van der Waals surface area contributed by atoms with E-state index in [0.29, 0.717) is 19.7 Å². The van der Waals surface area contributed by atoms with Crippen LogP contribution < -0.4 is 10.1 Å². The average molecular weight is 412 g/mol. The largest absolute Gasteiger partial charge is 0.508 e. The van der Waals surface area contributed by atoms with Crippen LogP contribution in [-0.4, -0.2) is 47.3 Å². The molecule has 1 fully saturated rings. The van der Waals surface area contributed by atoms with Gasteiger partial charge in [-0.05, 0) is 61.1 Å². The highest BCUT2D eigenvalue weighted by molar-refractivity contribution is 5.81. The Bertz CT molecular complexity index is 925. The van der Waals surface area contributed by atoms with Crippen molar-refractivity contribution in [1.82, 2.24) is 15.2 Å². The van der Waals surface area contributed by atoms with Crippen LogP contribution in [0.3, 0.4) is 0 Å². The van der Waals surface area contributed by atoms with Crippen molar-refractivity contribution in [3.8, 4) is 11.5 Å². The van der Waals surface area contributed by atoms with Gasteiger partial charge in [0.1, 0.15) is 17.6 Å². The fraction of sp³-hybridized carbons (Fsp3) is 0.478. The minimum absolute atomic E-state index is 0.0320. The molecule has 1 amide bonds. The molecule has 7 heteroatoms. The second-order valence-electron chi connectivity index (χ2n) is 8.00. The molecule has 160 valence electrons. The lowest BCUT2D eigenvalue weighted by atomic mass is 9.94. The first-order chi connectivity index (χ1) is 14.5. The van der Waals surface area contributed by atoms with Crippen LogP contribution in [0.1, 0.15) is 40.8 Å². The van der Waals surface area contributed by atoms with E-state index in [1.165, 1.54) is 11.1 Å². The van der Waals surface area contributed by atoms with E-state index in [2.05, 4.69) is 15.2 Å². The maximum atomic E-state index is 12.3. The van der Waals surface area contributed by atoms with Crippen molar-refractivity contribution in [2.75, 3.05) is 20.3 Å². The molecule has 3 heterocycles. The van der Waals surface area contributed by atoms with Gasteiger partial charge in [0.2, 0.25) is 5.91 Å². The lowest BCUT2D eigenvalue weighted by molar-refractivity contribution is -0.130. The average Bonchev–Trinajstić information content (AvgIpc) is 3.29. The molecule has 2 aliphatic rings. The van der Waals surface area contributed by atoms with Crippen molar-refractivity contribution in [3.63, 3.8) is 0 Å². The van der Waals surface area contributed by atoms with Gasteiger partial charge in [0.05, 0.1) is 7.11 Å². The third-order valence-corrected chi connectivity index (χ3v) is 6.02. The number of nitrogens with zero attached hydrogens (tertiary/aromatic N) is 2. The molecule has 30 heavy (non-hydrogen) atoms. The summed E-state index contributed by atoms with van der Waals surface area (Å²) in [6, 6.07) is 5.31. The quantitative estimate of drug-likeness (QED) is 0.760. The molecule has 1 unspecified atom stereocenters. The number of phenolic OH excluding ortho intramolecular Hbond substituents is 1. The van der Waals surface area contributed by atoms with Gasteiger partial charge < -0.3 is 19.9 Å². The number of methoxy groups -OCH3 is 1. The van der Waals surface area contributed by atoms with Crippen molar-refractivity contribution in [1.29, 1.82) is 0 Å². The van der Waals surface area contributed by atoms with Crippen LogP contribution in [0.2, 0.25) is 0 Å². The van der Waals surface area contributed by atoms with E-state index in [4.69, 9.17) is 9.47 Å². The Balaban J connectivity index is 1.45. The SMILES string of the molecule is COc1ccc(O)c(CN2CCc3c(cnc(C)c3CNC(=O)C3CCCO3)C2)c1. The van der Waals surface area contributed by atoms with Crippen molar-refractivity contribution in [2.24, 2.45) is 0 Å². The summed E-state index contributed by atoms with van der Waals surface area (Å²) in [5.74, 6) is 0.985. The van der Waals surface area contributed by atoms with E-state index < -0.39 is 0 Å². The molecule has 1 atom stereocenters. The van der Waals surface area contributed by atoms with Crippen molar-refractivity contribution < 1.29 is 19.4 Å². The molecule has 0 saturated carbocycles. The van der Waals surface area contributed by atoms with E-state index >= 15 is 0 Å². The normalized spacial score (nSPS) is 18.8. The van der Waals surface area contributed by atoms with Crippen LogP contribution in [0.25, 0.3) is 0 Å². The van der Waals surface area contributed by atoms with Gasteiger partial charge in [0.25, 0.3) is 0 Å². The summed E-state index contributed by atoms with van der Waals surface area (Å²) in [5, 5.41) is 13.2. The highest BCUT2D eigenvalue weighted by Gasteiger charge is 2.25. The van der Waals surface area contributed by atoms with Gasteiger partial charge in [0.15, 0.2) is 0 Å². The van der Waals surface area contributed by atoms with Gasteiger partial charge in [-0.25, -0.2) is 0 Å². The Morgan fingerprint density at radius 3 is 3.07 bits per heavy atom. The molecule has 1 aromatic heterocycles. The zero-order chi connectivity index (χ0) is 21.1. The number of amides is 1. The lowest BCUT2D eigenvalue weighted by Crippen LogP contribution is -2.35. The Kier molecular flexibility index (Phi) is 6.20. The number of benzene rings is 1. The number of aromatic hydroxyl groups is 1. The molecule has 2 aromatic rings. The zero-order valence-corrected chi connectivity index (χ0v) is 17.6. The van der Waals surface area contributed by atoms with Gasteiger partial charge in [0, 0.05) is 50.2 Å². The number of carbonyl (C=O) groups is 1. The lowest BCUT2D eigenvalue weighted by Gasteiger charge is -2.30.